The molecule has 10 rings (SSSR count). The lowest BCUT2D eigenvalue weighted by Gasteiger charge is -2.24. The van der Waals surface area contributed by atoms with Crippen LogP contribution in [0.25, 0.3) is 87.8 Å². The van der Waals surface area contributed by atoms with Crippen LogP contribution in [0.2, 0.25) is 0 Å². The molecule has 0 heteroatoms. The summed E-state index contributed by atoms with van der Waals surface area (Å²) in [6, 6.07) is 60.8. The molecular formula is C48H32. The summed E-state index contributed by atoms with van der Waals surface area (Å²) in [7, 11) is 0. The number of aryl methyl sites for hydroxylation is 1. The average molecular weight is 609 g/mol. The van der Waals surface area contributed by atoms with Crippen molar-refractivity contribution in [3.63, 3.8) is 0 Å². The van der Waals surface area contributed by atoms with E-state index >= 15 is 0 Å². The van der Waals surface area contributed by atoms with Crippen molar-refractivity contribution in [2.45, 2.75) is 12.8 Å². The van der Waals surface area contributed by atoms with Gasteiger partial charge in [-0.3, -0.25) is 0 Å². The van der Waals surface area contributed by atoms with Gasteiger partial charge in [-0.1, -0.05) is 164 Å². The van der Waals surface area contributed by atoms with Gasteiger partial charge in [-0.2, -0.15) is 0 Å². The van der Waals surface area contributed by atoms with E-state index in [0.717, 1.165) is 12.8 Å². The molecule has 0 radical (unpaired) electrons. The standard InChI is InChI=1S/C48H32/c1-3-15-33-29-35(27-25-31(33)13-1)45-37-17-5-9-21-41(37)47(42-22-10-6-18-38(42)45)48-43-23-11-7-19-39(43)46(40-20-8-12-24-44(40)48)36-28-26-32-14-2-4-16-34(32)30-36/h1-25,27,29-30H,26,28H2. The van der Waals surface area contributed by atoms with E-state index in [1.807, 2.05) is 0 Å². The number of hydrogen-bond donors (Lipinski definition) is 0. The molecule has 9 aromatic carbocycles. The SMILES string of the molecule is C1=C(c2c3ccccc3c(-c3c4ccccc4c(-c4ccc5ccccc5c4)c4ccccc34)c3ccccc23)CCc2ccccc21. The lowest BCUT2D eigenvalue weighted by atomic mass is 9.79. The van der Waals surface area contributed by atoms with E-state index in [4.69, 9.17) is 0 Å². The highest BCUT2D eigenvalue weighted by Gasteiger charge is 2.23. The Bertz CT molecular complexity index is 2660. The van der Waals surface area contributed by atoms with E-state index < -0.39 is 0 Å². The van der Waals surface area contributed by atoms with E-state index in [1.165, 1.54) is 98.4 Å². The fraction of sp³-hybridized carbons (Fsp3) is 0.0417. The van der Waals surface area contributed by atoms with Crippen molar-refractivity contribution < 1.29 is 0 Å². The number of fused-ring (bicyclic) bond motifs is 6. The summed E-state index contributed by atoms with van der Waals surface area (Å²) in [5.41, 5.74) is 10.8. The van der Waals surface area contributed by atoms with Crippen molar-refractivity contribution in [2.24, 2.45) is 0 Å². The maximum Gasteiger partial charge on any atom is -0.00139 e. The summed E-state index contributed by atoms with van der Waals surface area (Å²) in [6.45, 7) is 0. The van der Waals surface area contributed by atoms with Crippen LogP contribution in [0.5, 0.6) is 0 Å². The molecule has 0 saturated heterocycles. The predicted octanol–water partition coefficient (Wildman–Crippen LogP) is 13.3. The first-order valence-electron chi connectivity index (χ1n) is 17.0. The van der Waals surface area contributed by atoms with E-state index in [-0.39, 0.29) is 0 Å². The molecular weight excluding hydrogens is 577 g/mol. The third-order valence-corrected chi connectivity index (χ3v) is 10.5. The number of benzene rings is 9. The first-order chi connectivity index (χ1) is 23.8. The van der Waals surface area contributed by atoms with Crippen LogP contribution < -0.4 is 0 Å². The van der Waals surface area contributed by atoms with Gasteiger partial charge < -0.3 is 0 Å². The monoisotopic (exact) mass is 608 g/mol. The maximum atomic E-state index is 2.44. The third-order valence-electron chi connectivity index (χ3n) is 10.5. The van der Waals surface area contributed by atoms with Gasteiger partial charge in [0.1, 0.15) is 0 Å². The fourth-order valence-corrected chi connectivity index (χ4v) is 8.43. The minimum atomic E-state index is 1.04. The Morgan fingerprint density at radius 3 is 1.31 bits per heavy atom. The number of hydrogen-bond acceptors (Lipinski definition) is 0. The zero-order chi connectivity index (χ0) is 31.6. The lowest BCUT2D eigenvalue weighted by Crippen LogP contribution is -2.01. The number of rotatable bonds is 3. The zero-order valence-electron chi connectivity index (χ0n) is 26.6. The van der Waals surface area contributed by atoms with Crippen molar-refractivity contribution in [1.29, 1.82) is 0 Å². The second kappa shape index (κ2) is 10.8. The third kappa shape index (κ3) is 4.09. The Morgan fingerprint density at radius 2 is 0.750 bits per heavy atom. The molecule has 0 spiro atoms. The van der Waals surface area contributed by atoms with Crippen LogP contribution in [0, 0.1) is 0 Å². The largest absolute Gasteiger partial charge is 0.0620 e. The molecule has 0 aromatic heterocycles. The van der Waals surface area contributed by atoms with Crippen LogP contribution >= 0.6 is 0 Å². The highest BCUT2D eigenvalue weighted by molar-refractivity contribution is 6.29. The van der Waals surface area contributed by atoms with Gasteiger partial charge in [-0.25, -0.2) is 0 Å². The first-order valence-corrected chi connectivity index (χ1v) is 17.0. The Kier molecular flexibility index (Phi) is 6.11. The van der Waals surface area contributed by atoms with E-state index in [1.54, 1.807) is 0 Å². The van der Waals surface area contributed by atoms with Crippen molar-refractivity contribution in [2.75, 3.05) is 0 Å². The predicted molar refractivity (Wildman–Crippen MR) is 207 cm³/mol. The molecule has 0 atom stereocenters. The molecule has 1 aliphatic carbocycles. The van der Waals surface area contributed by atoms with Gasteiger partial charge in [0.2, 0.25) is 0 Å². The van der Waals surface area contributed by atoms with Crippen LogP contribution in [0.15, 0.2) is 164 Å². The normalized spacial score (nSPS) is 13.0. The van der Waals surface area contributed by atoms with Gasteiger partial charge in [-0.15, -0.1) is 0 Å². The molecule has 0 aliphatic heterocycles. The molecule has 1 aliphatic rings. The zero-order valence-corrected chi connectivity index (χ0v) is 26.6. The molecule has 48 heavy (non-hydrogen) atoms. The molecule has 0 fully saturated rings. The van der Waals surface area contributed by atoms with Gasteiger partial charge in [0, 0.05) is 0 Å². The van der Waals surface area contributed by atoms with Crippen LogP contribution in [-0.2, 0) is 6.42 Å². The van der Waals surface area contributed by atoms with Crippen molar-refractivity contribution >= 4 is 65.5 Å². The second-order valence-electron chi connectivity index (χ2n) is 13.1. The van der Waals surface area contributed by atoms with Gasteiger partial charge in [0.15, 0.2) is 0 Å². The summed E-state index contributed by atoms with van der Waals surface area (Å²) in [4.78, 5) is 0. The molecule has 0 heterocycles. The molecule has 224 valence electrons. The Hall–Kier alpha value is -5.98. The van der Waals surface area contributed by atoms with Gasteiger partial charge in [-0.05, 0) is 117 Å². The molecule has 0 bridgehead atoms. The quantitative estimate of drug-likeness (QED) is 0.175. The van der Waals surface area contributed by atoms with E-state index in [2.05, 4.69) is 170 Å². The Balaban J connectivity index is 1.34. The molecule has 0 nitrogen and oxygen atoms in total. The molecule has 9 aromatic rings. The van der Waals surface area contributed by atoms with Crippen LogP contribution in [0.3, 0.4) is 0 Å². The van der Waals surface area contributed by atoms with Crippen LogP contribution in [0.4, 0.5) is 0 Å². The van der Waals surface area contributed by atoms with Gasteiger partial charge in [0.05, 0.1) is 0 Å². The average Bonchev–Trinajstić information content (AvgIpc) is 3.16. The summed E-state index contributed by atoms with van der Waals surface area (Å²) in [5, 5.41) is 12.9. The Labute approximate surface area is 280 Å². The van der Waals surface area contributed by atoms with Crippen LogP contribution in [-0.4, -0.2) is 0 Å². The molecule has 0 amide bonds. The number of allylic oxidation sites excluding steroid dienone is 1. The lowest BCUT2D eigenvalue weighted by molar-refractivity contribution is 1.00. The van der Waals surface area contributed by atoms with E-state index in [0.29, 0.717) is 0 Å². The van der Waals surface area contributed by atoms with Gasteiger partial charge in [0.25, 0.3) is 0 Å². The Morgan fingerprint density at radius 1 is 0.312 bits per heavy atom. The maximum absolute atomic E-state index is 2.44. The minimum Gasteiger partial charge on any atom is -0.0620 e. The summed E-state index contributed by atoms with van der Waals surface area (Å²) < 4.78 is 0. The van der Waals surface area contributed by atoms with Crippen molar-refractivity contribution in [3.05, 3.63) is 180 Å². The van der Waals surface area contributed by atoms with Crippen molar-refractivity contribution in [1.82, 2.24) is 0 Å². The smallest absolute Gasteiger partial charge is 0.00139 e. The highest BCUT2D eigenvalue weighted by atomic mass is 14.3. The minimum absolute atomic E-state index is 1.04. The second-order valence-corrected chi connectivity index (χ2v) is 13.1. The van der Waals surface area contributed by atoms with E-state index in [9.17, 15) is 0 Å². The fourth-order valence-electron chi connectivity index (χ4n) is 8.43. The first kappa shape index (κ1) is 27.2. The topological polar surface area (TPSA) is 0 Å². The highest BCUT2D eigenvalue weighted by Crippen LogP contribution is 2.50. The summed E-state index contributed by atoms with van der Waals surface area (Å²) in [6.07, 6.45) is 4.55. The molecule has 0 saturated carbocycles. The molecule has 0 unspecified atom stereocenters. The summed E-state index contributed by atoms with van der Waals surface area (Å²) >= 11 is 0. The van der Waals surface area contributed by atoms with Crippen LogP contribution in [0.1, 0.15) is 23.1 Å². The molecule has 0 N–H and O–H groups in total. The van der Waals surface area contributed by atoms with Gasteiger partial charge >= 0.3 is 0 Å². The summed E-state index contributed by atoms with van der Waals surface area (Å²) in [5.74, 6) is 0. The van der Waals surface area contributed by atoms with Crippen molar-refractivity contribution in [3.8, 4) is 22.3 Å².